The van der Waals surface area contributed by atoms with E-state index in [2.05, 4.69) is 9.97 Å². The largest absolute Gasteiger partial charge is 0.340 e. The number of para-hydroxylation sites is 3. The number of aromatic amines is 1. The molecular formula is C21H18N4O. The molecule has 0 radical (unpaired) electrons. The third-order valence-corrected chi connectivity index (χ3v) is 5.05. The first kappa shape index (κ1) is 15.1. The highest BCUT2D eigenvalue weighted by molar-refractivity contribution is 5.95. The normalized spacial score (nSPS) is 17.2. The summed E-state index contributed by atoms with van der Waals surface area (Å²) >= 11 is 0. The van der Waals surface area contributed by atoms with Crippen molar-refractivity contribution in [3.8, 4) is 0 Å². The van der Waals surface area contributed by atoms with Crippen LogP contribution in [0.25, 0.3) is 21.9 Å². The van der Waals surface area contributed by atoms with E-state index in [0.29, 0.717) is 5.69 Å². The van der Waals surface area contributed by atoms with E-state index in [9.17, 15) is 4.79 Å². The second-order valence-corrected chi connectivity index (χ2v) is 6.68. The topological polar surface area (TPSA) is 61.9 Å². The second kappa shape index (κ2) is 5.95. The number of benzene rings is 2. The smallest absolute Gasteiger partial charge is 0.273 e. The Morgan fingerprint density at radius 2 is 1.77 bits per heavy atom. The first-order valence-corrected chi connectivity index (χ1v) is 8.91. The molecule has 1 aliphatic heterocycles. The molecule has 5 rings (SSSR count). The maximum atomic E-state index is 13.1. The first-order valence-electron chi connectivity index (χ1n) is 8.91. The van der Waals surface area contributed by atoms with E-state index in [1.165, 1.54) is 0 Å². The van der Waals surface area contributed by atoms with Crippen molar-refractivity contribution in [1.82, 2.24) is 19.9 Å². The molecule has 1 amide bonds. The third kappa shape index (κ3) is 2.44. The number of amides is 1. The molecule has 5 heteroatoms. The summed E-state index contributed by atoms with van der Waals surface area (Å²) in [6.07, 6.45) is 1.89. The quantitative estimate of drug-likeness (QED) is 0.597. The molecule has 2 aromatic carbocycles. The number of pyridine rings is 1. The predicted molar refractivity (Wildman–Crippen MR) is 101 cm³/mol. The number of nitrogens with zero attached hydrogens (tertiary/aromatic N) is 3. The molecule has 0 aliphatic carbocycles. The number of rotatable bonds is 2. The number of imidazole rings is 1. The summed E-state index contributed by atoms with van der Waals surface area (Å²) in [7, 11) is 0. The molecule has 1 unspecified atom stereocenters. The molecule has 26 heavy (non-hydrogen) atoms. The van der Waals surface area contributed by atoms with Crippen molar-refractivity contribution < 1.29 is 4.79 Å². The summed E-state index contributed by atoms with van der Waals surface area (Å²) in [5.41, 5.74) is 3.28. The number of fused-ring (bicyclic) bond motifs is 2. The molecule has 2 aromatic heterocycles. The van der Waals surface area contributed by atoms with Crippen LogP contribution in [0.15, 0.2) is 60.7 Å². The van der Waals surface area contributed by atoms with Crippen LogP contribution in [0.2, 0.25) is 0 Å². The van der Waals surface area contributed by atoms with E-state index in [1.807, 2.05) is 65.6 Å². The van der Waals surface area contributed by atoms with Crippen LogP contribution in [0.5, 0.6) is 0 Å². The number of carbonyl (C=O) groups excluding carboxylic acids is 1. The Labute approximate surface area is 150 Å². The fourth-order valence-electron chi connectivity index (χ4n) is 3.76. The first-order chi connectivity index (χ1) is 12.8. The average Bonchev–Trinajstić information content (AvgIpc) is 3.33. The molecule has 0 bridgehead atoms. The van der Waals surface area contributed by atoms with E-state index in [4.69, 9.17) is 4.98 Å². The highest BCUT2D eigenvalue weighted by Gasteiger charge is 2.33. The minimum atomic E-state index is -0.0290. The Hall–Kier alpha value is -3.21. The zero-order valence-corrected chi connectivity index (χ0v) is 14.2. The van der Waals surface area contributed by atoms with Gasteiger partial charge in [0.15, 0.2) is 0 Å². The minimum absolute atomic E-state index is 0.0248. The Morgan fingerprint density at radius 1 is 0.962 bits per heavy atom. The van der Waals surface area contributed by atoms with E-state index < -0.39 is 0 Å². The number of likely N-dealkylation sites (tertiary alicyclic amines) is 1. The maximum Gasteiger partial charge on any atom is 0.273 e. The van der Waals surface area contributed by atoms with Gasteiger partial charge in [0.2, 0.25) is 0 Å². The van der Waals surface area contributed by atoms with Crippen LogP contribution < -0.4 is 0 Å². The van der Waals surface area contributed by atoms with Gasteiger partial charge >= 0.3 is 0 Å². The molecule has 1 atom stereocenters. The molecule has 1 aliphatic rings. The van der Waals surface area contributed by atoms with Crippen LogP contribution in [-0.4, -0.2) is 32.3 Å². The standard InChI is InChI=1S/C21H18N4O/c26-21(18-12-11-14-6-1-2-7-15(14)22-18)25-13-5-10-19(25)20-23-16-8-3-4-9-17(16)24-20/h1-4,6-9,11-12,19H,5,10,13H2,(H,23,24). The molecule has 1 saturated heterocycles. The van der Waals surface area contributed by atoms with Gasteiger partial charge < -0.3 is 9.88 Å². The van der Waals surface area contributed by atoms with Crippen molar-refractivity contribution in [3.05, 3.63) is 72.2 Å². The van der Waals surface area contributed by atoms with Crippen LogP contribution in [0.4, 0.5) is 0 Å². The fraction of sp³-hybridized carbons (Fsp3) is 0.190. The van der Waals surface area contributed by atoms with Crippen molar-refractivity contribution in [2.45, 2.75) is 18.9 Å². The number of hydrogen-bond donors (Lipinski definition) is 1. The number of aromatic nitrogens is 3. The SMILES string of the molecule is O=C(c1ccc2ccccc2n1)N1CCCC1c1nc2ccccc2[nH]1. The van der Waals surface area contributed by atoms with Crippen molar-refractivity contribution in [1.29, 1.82) is 0 Å². The van der Waals surface area contributed by atoms with Crippen LogP contribution in [-0.2, 0) is 0 Å². The minimum Gasteiger partial charge on any atom is -0.340 e. The van der Waals surface area contributed by atoms with Gasteiger partial charge in [-0.15, -0.1) is 0 Å². The molecule has 5 nitrogen and oxygen atoms in total. The Balaban J connectivity index is 1.49. The highest BCUT2D eigenvalue weighted by atomic mass is 16.2. The van der Waals surface area contributed by atoms with E-state index >= 15 is 0 Å². The Kier molecular flexibility index (Phi) is 3.45. The van der Waals surface area contributed by atoms with Gasteiger partial charge in [-0.3, -0.25) is 4.79 Å². The van der Waals surface area contributed by atoms with Crippen LogP contribution in [0.3, 0.4) is 0 Å². The zero-order chi connectivity index (χ0) is 17.5. The molecule has 4 aromatic rings. The Bertz CT molecular complexity index is 1080. The number of H-pyrrole nitrogens is 1. The lowest BCUT2D eigenvalue weighted by Gasteiger charge is -2.22. The van der Waals surface area contributed by atoms with Gasteiger partial charge in [0.05, 0.1) is 22.6 Å². The molecule has 1 N–H and O–H groups in total. The molecule has 0 saturated carbocycles. The molecule has 128 valence electrons. The van der Waals surface area contributed by atoms with Gasteiger partial charge in [0, 0.05) is 11.9 Å². The monoisotopic (exact) mass is 342 g/mol. The predicted octanol–water partition coefficient (Wildman–Crippen LogP) is 4.09. The molecule has 3 heterocycles. The molecular weight excluding hydrogens is 324 g/mol. The number of carbonyl (C=O) groups is 1. The van der Waals surface area contributed by atoms with Crippen molar-refractivity contribution in [2.75, 3.05) is 6.54 Å². The summed E-state index contributed by atoms with van der Waals surface area (Å²) in [6, 6.07) is 19.6. The van der Waals surface area contributed by atoms with E-state index in [0.717, 1.165) is 47.1 Å². The van der Waals surface area contributed by atoms with Crippen molar-refractivity contribution >= 4 is 27.8 Å². The lowest BCUT2D eigenvalue weighted by molar-refractivity contribution is 0.0725. The molecule has 0 spiro atoms. The number of nitrogens with one attached hydrogen (secondary N) is 1. The summed E-state index contributed by atoms with van der Waals surface area (Å²) in [5.74, 6) is 0.830. The summed E-state index contributed by atoms with van der Waals surface area (Å²) < 4.78 is 0. The van der Waals surface area contributed by atoms with Crippen LogP contribution in [0.1, 0.15) is 35.2 Å². The van der Waals surface area contributed by atoms with Crippen LogP contribution in [0, 0.1) is 0 Å². The third-order valence-electron chi connectivity index (χ3n) is 5.05. The van der Waals surface area contributed by atoms with E-state index in [-0.39, 0.29) is 11.9 Å². The number of hydrogen-bond acceptors (Lipinski definition) is 3. The van der Waals surface area contributed by atoms with Gasteiger partial charge in [-0.25, -0.2) is 9.97 Å². The highest BCUT2D eigenvalue weighted by Crippen LogP contribution is 2.32. The van der Waals surface area contributed by atoms with Crippen molar-refractivity contribution in [2.24, 2.45) is 0 Å². The second-order valence-electron chi connectivity index (χ2n) is 6.68. The average molecular weight is 342 g/mol. The van der Waals surface area contributed by atoms with Crippen molar-refractivity contribution in [3.63, 3.8) is 0 Å². The van der Waals surface area contributed by atoms with Gasteiger partial charge in [0.1, 0.15) is 11.5 Å². The summed E-state index contributed by atoms with van der Waals surface area (Å²) in [5, 5.41) is 1.04. The lowest BCUT2D eigenvalue weighted by Crippen LogP contribution is -2.31. The van der Waals surface area contributed by atoms with Gasteiger partial charge in [-0.2, -0.15) is 0 Å². The maximum absolute atomic E-state index is 13.1. The van der Waals surface area contributed by atoms with Gasteiger partial charge in [-0.1, -0.05) is 36.4 Å². The Morgan fingerprint density at radius 3 is 2.65 bits per heavy atom. The molecule has 1 fully saturated rings. The summed E-state index contributed by atoms with van der Waals surface area (Å²) in [4.78, 5) is 27.7. The summed E-state index contributed by atoms with van der Waals surface area (Å²) in [6.45, 7) is 0.731. The van der Waals surface area contributed by atoms with Crippen LogP contribution >= 0.6 is 0 Å². The van der Waals surface area contributed by atoms with E-state index in [1.54, 1.807) is 0 Å². The zero-order valence-electron chi connectivity index (χ0n) is 14.2. The fourth-order valence-corrected chi connectivity index (χ4v) is 3.76. The van der Waals surface area contributed by atoms with Gasteiger partial charge in [-0.05, 0) is 37.1 Å². The van der Waals surface area contributed by atoms with Gasteiger partial charge in [0.25, 0.3) is 5.91 Å². The lowest BCUT2D eigenvalue weighted by atomic mass is 10.1.